The van der Waals surface area contributed by atoms with Crippen molar-refractivity contribution in [3.63, 3.8) is 0 Å². The van der Waals surface area contributed by atoms with E-state index >= 15 is 0 Å². The van der Waals surface area contributed by atoms with Gasteiger partial charge in [-0.2, -0.15) is 0 Å². The van der Waals surface area contributed by atoms with E-state index in [1.54, 1.807) is 0 Å². The zero-order valence-electron chi connectivity index (χ0n) is 17.2. The van der Waals surface area contributed by atoms with Crippen LogP contribution in [-0.4, -0.2) is 27.8 Å². The number of hydrogen-bond donors (Lipinski definition) is 1. The average molecular weight is 430 g/mol. The molecule has 3 aromatic carbocycles. The lowest BCUT2D eigenvalue weighted by Gasteiger charge is -2.11. The van der Waals surface area contributed by atoms with Crippen molar-refractivity contribution in [1.29, 1.82) is 0 Å². The predicted octanol–water partition coefficient (Wildman–Crippen LogP) is 5.67. The molecule has 0 saturated heterocycles. The molecule has 0 radical (unpaired) electrons. The number of rotatable bonds is 8. The maximum Gasteiger partial charge on any atom is 0.234 e. The van der Waals surface area contributed by atoms with Crippen molar-refractivity contribution in [3.8, 4) is 22.7 Å². The Morgan fingerprint density at radius 2 is 1.65 bits per heavy atom. The second kappa shape index (κ2) is 10.00. The Kier molecular flexibility index (Phi) is 6.69. The normalized spacial score (nSPS) is 10.6. The van der Waals surface area contributed by atoms with E-state index in [9.17, 15) is 4.79 Å². The summed E-state index contributed by atoms with van der Waals surface area (Å²) in [5.74, 6) is 0.792. The van der Waals surface area contributed by atoms with Gasteiger partial charge in [-0.05, 0) is 31.2 Å². The first kappa shape index (κ1) is 20.8. The van der Waals surface area contributed by atoms with Gasteiger partial charge in [0.05, 0.1) is 23.7 Å². The molecule has 156 valence electrons. The lowest BCUT2D eigenvalue weighted by atomic mass is 10.2. The fraction of sp³-hybridized carbons (Fsp3) is 0.120. The molecular formula is C25H23N3O2S. The molecule has 0 aliphatic heterocycles. The fourth-order valence-corrected chi connectivity index (χ4v) is 3.95. The van der Waals surface area contributed by atoms with Crippen molar-refractivity contribution in [3.05, 3.63) is 91.1 Å². The van der Waals surface area contributed by atoms with Crippen molar-refractivity contribution in [1.82, 2.24) is 9.55 Å². The molecule has 0 aliphatic carbocycles. The lowest BCUT2D eigenvalue weighted by molar-refractivity contribution is -0.113. The zero-order valence-corrected chi connectivity index (χ0v) is 18.0. The first-order valence-corrected chi connectivity index (χ1v) is 11.1. The van der Waals surface area contributed by atoms with Gasteiger partial charge in [0.1, 0.15) is 5.75 Å². The van der Waals surface area contributed by atoms with Crippen LogP contribution >= 0.6 is 11.8 Å². The van der Waals surface area contributed by atoms with Crippen molar-refractivity contribution >= 4 is 23.4 Å². The minimum atomic E-state index is -0.110. The van der Waals surface area contributed by atoms with Gasteiger partial charge in [0.25, 0.3) is 0 Å². The minimum absolute atomic E-state index is 0.110. The van der Waals surface area contributed by atoms with Gasteiger partial charge in [-0.15, -0.1) is 0 Å². The third-order valence-corrected chi connectivity index (χ3v) is 5.52. The molecule has 1 aromatic heterocycles. The Morgan fingerprint density at radius 3 is 2.39 bits per heavy atom. The standard InChI is InChI=1S/C25H23N3O2S/c1-2-30-23-16-10-9-15-21(23)26-24(29)18-31-25-27-22(19-11-5-3-6-12-19)17-28(25)20-13-7-4-8-14-20/h3-17H,2,18H2,1H3,(H,26,29). The van der Waals surface area contributed by atoms with E-state index < -0.39 is 0 Å². The molecule has 0 bridgehead atoms. The van der Waals surface area contributed by atoms with Gasteiger partial charge in [-0.25, -0.2) is 4.98 Å². The van der Waals surface area contributed by atoms with Crippen LogP contribution in [0.5, 0.6) is 5.75 Å². The highest BCUT2D eigenvalue weighted by molar-refractivity contribution is 7.99. The molecule has 0 saturated carbocycles. The van der Waals surface area contributed by atoms with Gasteiger partial charge in [0.2, 0.25) is 5.91 Å². The Balaban J connectivity index is 1.54. The number of nitrogens with zero attached hydrogens (tertiary/aromatic N) is 2. The van der Waals surface area contributed by atoms with Gasteiger partial charge in [-0.1, -0.05) is 72.4 Å². The van der Waals surface area contributed by atoms with E-state index in [4.69, 9.17) is 9.72 Å². The molecule has 0 unspecified atom stereocenters. The number of imidazole rings is 1. The third-order valence-electron chi connectivity index (χ3n) is 4.57. The Hall–Kier alpha value is -3.51. The van der Waals surface area contributed by atoms with E-state index in [1.165, 1.54) is 11.8 Å². The van der Waals surface area contributed by atoms with E-state index in [0.29, 0.717) is 18.0 Å². The summed E-state index contributed by atoms with van der Waals surface area (Å²) < 4.78 is 7.61. The van der Waals surface area contributed by atoms with Crippen LogP contribution in [0, 0.1) is 0 Å². The van der Waals surface area contributed by atoms with Gasteiger partial charge in [-0.3, -0.25) is 9.36 Å². The highest BCUT2D eigenvalue weighted by atomic mass is 32.2. The number of aromatic nitrogens is 2. The highest BCUT2D eigenvalue weighted by Gasteiger charge is 2.14. The van der Waals surface area contributed by atoms with E-state index in [2.05, 4.69) is 5.32 Å². The molecule has 0 atom stereocenters. The van der Waals surface area contributed by atoms with Crippen molar-refractivity contribution in [2.24, 2.45) is 0 Å². The van der Waals surface area contributed by atoms with Crippen LogP contribution in [0.15, 0.2) is 96.3 Å². The number of amides is 1. The molecule has 0 spiro atoms. The van der Waals surface area contributed by atoms with Crippen LogP contribution in [0.1, 0.15) is 6.92 Å². The number of para-hydroxylation sites is 3. The highest BCUT2D eigenvalue weighted by Crippen LogP contribution is 2.28. The predicted molar refractivity (Wildman–Crippen MR) is 126 cm³/mol. The Morgan fingerprint density at radius 1 is 0.968 bits per heavy atom. The molecular weight excluding hydrogens is 406 g/mol. The van der Waals surface area contributed by atoms with E-state index in [0.717, 1.165) is 22.1 Å². The monoisotopic (exact) mass is 429 g/mol. The maximum atomic E-state index is 12.6. The second-order valence-corrected chi connectivity index (χ2v) is 7.69. The average Bonchev–Trinajstić information content (AvgIpc) is 3.25. The molecule has 0 aliphatic rings. The van der Waals surface area contributed by atoms with Crippen molar-refractivity contribution in [2.45, 2.75) is 12.1 Å². The van der Waals surface area contributed by atoms with Crippen LogP contribution in [0.3, 0.4) is 0 Å². The number of thioether (sulfide) groups is 1. The quantitative estimate of drug-likeness (QED) is 0.367. The topological polar surface area (TPSA) is 56.1 Å². The summed E-state index contributed by atoms with van der Waals surface area (Å²) in [6.45, 7) is 2.46. The first-order chi connectivity index (χ1) is 15.2. The summed E-state index contributed by atoms with van der Waals surface area (Å²) in [7, 11) is 0. The molecule has 4 aromatic rings. The van der Waals surface area contributed by atoms with Gasteiger partial charge in [0.15, 0.2) is 5.16 Å². The number of carbonyl (C=O) groups excluding carboxylic acids is 1. The van der Waals surface area contributed by atoms with Crippen molar-refractivity contribution in [2.75, 3.05) is 17.7 Å². The molecule has 31 heavy (non-hydrogen) atoms. The van der Waals surface area contributed by atoms with Gasteiger partial charge < -0.3 is 10.1 Å². The first-order valence-electron chi connectivity index (χ1n) is 10.1. The summed E-state index contributed by atoms with van der Waals surface area (Å²) >= 11 is 1.40. The molecule has 5 nitrogen and oxygen atoms in total. The molecule has 1 amide bonds. The SMILES string of the molecule is CCOc1ccccc1NC(=O)CSc1nc(-c2ccccc2)cn1-c1ccccc1. The molecule has 1 N–H and O–H groups in total. The lowest BCUT2D eigenvalue weighted by Crippen LogP contribution is -2.15. The second-order valence-electron chi connectivity index (χ2n) is 6.75. The molecule has 4 rings (SSSR count). The van der Waals surface area contributed by atoms with Crippen LogP contribution in [0.25, 0.3) is 16.9 Å². The molecule has 1 heterocycles. The van der Waals surface area contributed by atoms with Crippen molar-refractivity contribution < 1.29 is 9.53 Å². The maximum absolute atomic E-state index is 12.6. The van der Waals surface area contributed by atoms with E-state index in [1.807, 2.05) is 103 Å². The van der Waals surface area contributed by atoms with Gasteiger partial charge >= 0.3 is 0 Å². The zero-order chi connectivity index (χ0) is 21.5. The minimum Gasteiger partial charge on any atom is -0.492 e. The van der Waals surface area contributed by atoms with Crippen LogP contribution in [0.2, 0.25) is 0 Å². The Bertz CT molecular complexity index is 1140. The number of ether oxygens (including phenoxy) is 1. The molecule has 0 fully saturated rings. The summed E-state index contributed by atoms with van der Waals surface area (Å²) in [6, 6.07) is 27.5. The summed E-state index contributed by atoms with van der Waals surface area (Å²) in [6.07, 6.45) is 2.01. The van der Waals surface area contributed by atoms with Crippen LogP contribution in [-0.2, 0) is 4.79 Å². The number of hydrogen-bond acceptors (Lipinski definition) is 4. The smallest absolute Gasteiger partial charge is 0.234 e. The van der Waals surface area contributed by atoms with Crippen LogP contribution in [0.4, 0.5) is 5.69 Å². The number of carbonyl (C=O) groups is 1. The Labute approximate surface area is 186 Å². The summed E-state index contributed by atoms with van der Waals surface area (Å²) in [5, 5.41) is 3.70. The fourth-order valence-electron chi connectivity index (χ4n) is 3.15. The summed E-state index contributed by atoms with van der Waals surface area (Å²) in [5.41, 5.74) is 3.58. The number of nitrogens with one attached hydrogen (secondary N) is 1. The summed E-state index contributed by atoms with van der Waals surface area (Å²) in [4.78, 5) is 17.4. The van der Waals surface area contributed by atoms with Gasteiger partial charge in [0, 0.05) is 17.4 Å². The number of benzene rings is 3. The number of anilines is 1. The third kappa shape index (κ3) is 5.16. The largest absolute Gasteiger partial charge is 0.492 e. The van der Waals surface area contributed by atoms with E-state index in [-0.39, 0.29) is 11.7 Å². The molecule has 6 heteroatoms. The van der Waals surface area contributed by atoms with Crippen LogP contribution < -0.4 is 10.1 Å².